The summed E-state index contributed by atoms with van der Waals surface area (Å²) < 4.78 is 43.0. The SMILES string of the molecule is Cc1c(CC(=O)Nc2ccc(C(F)(F)F)cc2)c(=O)oc2c(C)c(O)ccc12. The summed E-state index contributed by atoms with van der Waals surface area (Å²) in [5, 5.41) is 12.8. The van der Waals surface area contributed by atoms with Crippen LogP contribution in [0.25, 0.3) is 11.0 Å². The monoisotopic (exact) mass is 391 g/mol. The van der Waals surface area contributed by atoms with Crippen molar-refractivity contribution >= 4 is 22.6 Å². The molecule has 0 atom stereocenters. The number of fused-ring (bicyclic) bond motifs is 1. The Kier molecular flexibility index (Phi) is 4.89. The summed E-state index contributed by atoms with van der Waals surface area (Å²) in [7, 11) is 0. The van der Waals surface area contributed by atoms with Crippen molar-refractivity contribution in [2.75, 3.05) is 5.32 Å². The summed E-state index contributed by atoms with van der Waals surface area (Å²) in [6.45, 7) is 3.27. The molecule has 8 heteroatoms. The number of alkyl halides is 3. The van der Waals surface area contributed by atoms with Gasteiger partial charge in [-0.3, -0.25) is 4.79 Å². The second-order valence-electron chi connectivity index (χ2n) is 6.38. The number of hydrogen-bond donors (Lipinski definition) is 2. The van der Waals surface area contributed by atoms with Crippen molar-refractivity contribution in [2.45, 2.75) is 26.4 Å². The highest BCUT2D eigenvalue weighted by Crippen LogP contribution is 2.30. The van der Waals surface area contributed by atoms with E-state index in [1.165, 1.54) is 6.07 Å². The highest BCUT2D eigenvalue weighted by molar-refractivity contribution is 5.93. The number of carbonyl (C=O) groups excluding carboxylic acids is 1. The smallest absolute Gasteiger partial charge is 0.416 e. The number of carbonyl (C=O) groups is 1. The van der Waals surface area contributed by atoms with Crippen molar-refractivity contribution in [3.63, 3.8) is 0 Å². The van der Waals surface area contributed by atoms with Crippen LogP contribution < -0.4 is 10.9 Å². The van der Waals surface area contributed by atoms with E-state index in [2.05, 4.69) is 5.32 Å². The average Bonchev–Trinajstić information content (AvgIpc) is 2.62. The molecular weight excluding hydrogens is 375 g/mol. The minimum Gasteiger partial charge on any atom is -0.508 e. The number of rotatable bonds is 3. The van der Waals surface area contributed by atoms with Crippen LogP contribution in [0.3, 0.4) is 0 Å². The maximum absolute atomic E-state index is 12.6. The van der Waals surface area contributed by atoms with Crippen LogP contribution in [0.2, 0.25) is 0 Å². The van der Waals surface area contributed by atoms with Crippen LogP contribution in [0, 0.1) is 13.8 Å². The quantitative estimate of drug-likeness (QED) is 0.652. The van der Waals surface area contributed by atoms with Gasteiger partial charge in [0.25, 0.3) is 0 Å². The van der Waals surface area contributed by atoms with Crippen LogP contribution in [0.4, 0.5) is 18.9 Å². The maximum atomic E-state index is 12.6. The van der Waals surface area contributed by atoms with Crippen LogP contribution in [0.15, 0.2) is 45.6 Å². The number of aryl methyl sites for hydroxylation is 2. The number of nitrogens with one attached hydrogen (secondary N) is 1. The largest absolute Gasteiger partial charge is 0.508 e. The summed E-state index contributed by atoms with van der Waals surface area (Å²) in [5.41, 5.74) is -0.00946. The molecule has 0 saturated heterocycles. The van der Waals surface area contributed by atoms with Gasteiger partial charge in [0.1, 0.15) is 11.3 Å². The number of hydrogen-bond acceptors (Lipinski definition) is 4. The van der Waals surface area contributed by atoms with Crippen molar-refractivity contribution in [2.24, 2.45) is 0 Å². The van der Waals surface area contributed by atoms with Crippen molar-refractivity contribution < 1.29 is 27.5 Å². The molecule has 146 valence electrons. The first-order valence-corrected chi connectivity index (χ1v) is 8.30. The van der Waals surface area contributed by atoms with Gasteiger partial charge in [0.2, 0.25) is 5.91 Å². The fourth-order valence-electron chi connectivity index (χ4n) is 2.89. The predicted molar refractivity (Wildman–Crippen MR) is 97.4 cm³/mol. The van der Waals surface area contributed by atoms with Gasteiger partial charge < -0.3 is 14.8 Å². The first-order chi connectivity index (χ1) is 13.1. The van der Waals surface area contributed by atoms with Gasteiger partial charge in [0.15, 0.2) is 0 Å². The molecule has 0 bridgehead atoms. The lowest BCUT2D eigenvalue weighted by Gasteiger charge is -2.11. The van der Waals surface area contributed by atoms with E-state index in [4.69, 9.17) is 4.42 Å². The third kappa shape index (κ3) is 3.71. The lowest BCUT2D eigenvalue weighted by atomic mass is 10.0. The van der Waals surface area contributed by atoms with E-state index in [1.807, 2.05) is 0 Å². The Hall–Kier alpha value is -3.29. The molecule has 0 aliphatic carbocycles. The molecule has 1 heterocycles. The van der Waals surface area contributed by atoms with Gasteiger partial charge in [-0.2, -0.15) is 13.2 Å². The van der Waals surface area contributed by atoms with Gasteiger partial charge in [-0.15, -0.1) is 0 Å². The molecule has 2 N–H and O–H groups in total. The summed E-state index contributed by atoms with van der Waals surface area (Å²) in [6, 6.07) is 7.07. The van der Waals surface area contributed by atoms with Crippen LogP contribution >= 0.6 is 0 Å². The normalized spacial score (nSPS) is 11.6. The third-order valence-electron chi connectivity index (χ3n) is 4.51. The molecule has 0 fully saturated rings. The minimum absolute atomic E-state index is 0.0113. The summed E-state index contributed by atoms with van der Waals surface area (Å²) >= 11 is 0. The third-order valence-corrected chi connectivity index (χ3v) is 4.51. The molecule has 0 unspecified atom stereocenters. The number of phenols is 1. The molecule has 0 radical (unpaired) electrons. The topological polar surface area (TPSA) is 79.5 Å². The van der Waals surface area contributed by atoms with Crippen LogP contribution in [0.5, 0.6) is 5.75 Å². The van der Waals surface area contributed by atoms with Gasteiger partial charge in [-0.1, -0.05) is 0 Å². The van der Waals surface area contributed by atoms with E-state index in [1.54, 1.807) is 19.9 Å². The Bertz CT molecular complexity index is 1120. The van der Waals surface area contributed by atoms with Gasteiger partial charge in [-0.25, -0.2) is 4.79 Å². The first kappa shape index (κ1) is 19.5. The standard InChI is InChI=1S/C20H16F3NO4/c1-10-14-7-8-16(25)11(2)18(14)28-19(27)15(10)9-17(26)24-13-5-3-12(4-6-13)20(21,22)23/h3-8,25H,9H2,1-2H3,(H,24,26). The number of benzene rings is 2. The van der Waals surface area contributed by atoms with Crippen molar-refractivity contribution in [3.05, 3.63) is 69.1 Å². The molecule has 0 saturated carbocycles. The first-order valence-electron chi connectivity index (χ1n) is 8.30. The molecule has 0 aliphatic rings. The molecule has 5 nitrogen and oxygen atoms in total. The molecule has 1 amide bonds. The molecule has 1 aromatic heterocycles. The molecule has 3 aromatic rings. The lowest BCUT2D eigenvalue weighted by molar-refractivity contribution is -0.137. The van der Waals surface area contributed by atoms with Crippen LogP contribution in [-0.4, -0.2) is 11.0 Å². The van der Waals surface area contributed by atoms with Crippen molar-refractivity contribution in [3.8, 4) is 5.75 Å². The summed E-state index contributed by atoms with van der Waals surface area (Å²) in [6.07, 6.45) is -4.76. The molecule has 0 aliphatic heterocycles. The molecule has 0 spiro atoms. The van der Waals surface area contributed by atoms with E-state index in [0.29, 0.717) is 16.5 Å². The van der Waals surface area contributed by atoms with Gasteiger partial charge >= 0.3 is 11.8 Å². The van der Waals surface area contributed by atoms with E-state index in [-0.39, 0.29) is 29.0 Å². The summed E-state index contributed by atoms with van der Waals surface area (Å²) in [4.78, 5) is 24.6. The molecule has 28 heavy (non-hydrogen) atoms. The van der Waals surface area contributed by atoms with Gasteiger partial charge in [0.05, 0.1) is 17.5 Å². The van der Waals surface area contributed by atoms with E-state index >= 15 is 0 Å². The Morgan fingerprint density at radius 3 is 2.32 bits per heavy atom. The maximum Gasteiger partial charge on any atom is 0.416 e. The second-order valence-corrected chi connectivity index (χ2v) is 6.38. The van der Waals surface area contributed by atoms with Gasteiger partial charge in [0, 0.05) is 16.6 Å². The Morgan fingerprint density at radius 1 is 1.07 bits per heavy atom. The lowest BCUT2D eigenvalue weighted by Crippen LogP contribution is -2.20. The average molecular weight is 391 g/mol. The highest BCUT2D eigenvalue weighted by Gasteiger charge is 2.30. The Balaban J connectivity index is 1.85. The van der Waals surface area contributed by atoms with E-state index < -0.39 is 23.3 Å². The van der Waals surface area contributed by atoms with E-state index in [0.717, 1.165) is 24.3 Å². The Labute approximate surface area is 157 Å². The molecule has 3 rings (SSSR count). The van der Waals surface area contributed by atoms with Gasteiger partial charge in [-0.05, 0) is 55.8 Å². The minimum atomic E-state index is -4.46. The molecular formula is C20H16F3NO4. The van der Waals surface area contributed by atoms with E-state index in [9.17, 15) is 27.9 Å². The number of halogens is 3. The summed E-state index contributed by atoms with van der Waals surface area (Å²) in [5.74, 6) is -0.576. The zero-order chi connectivity index (χ0) is 20.6. The fourth-order valence-corrected chi connectivity index (χ4v) is 2.89. The number of aromatic hydroxyl groups is 1. The predicted octanol–water partition coefficient (Wildman–Crippen LogP) is 4.32. The second kappa shape index (κ2) is 7.03. The zero-order valence-electron chi connectivity index (χ0n) is 15.0. The van der Waals surface area contributed by atoms with Crippen molar-refractivity contribution in [1.29, 1.82) is 0 Å². The van der Waals surface area contributed by atoms with Crippen LogP contribution in [0.1, 0.15) is 22.3 Å². The zero-order valence-corrected chi connectivity index (χ0v) is 15.0. The van der Waals surface area contributed by atoms with Crippen molar-refractivity contribution in [1.82, 2.24) is 0 Å². The number of anilines is 1. The number of amides is 1. The molecule has 2 aromatic carbocycles. The Morgan fingerprint density at radius 2 is 1.71 bits per heavy atom. The highest BCUT2D eigenvalue weighted by atomic mass is 19.4. The fraction of sp³-hybridized carbons (Fsp3) is 0.200. The number of phenolic OH excluding ortho intramolecular Hbond substituents is 1. The van der Waals surface area contributed by atoms with Crippen LogP contribution in [-0.2, 0) is 17.4 Å².